The van der Waals surface area contributed by atoms with Crippen molar-refractivity contribution in [1.29, 1.82) is 0 Å². The van der Waals surface area contributed by atoms with Crippen LogP contribution in [0.1, 0.15) is 12.5 Å². The molecule has 0 aliphatic carbocycles. The Morgan fingerprint density at radius 1 is 1.00 bits per heavy atom. The predicted octanol–water partition coefficient (Wildman–Crippen LogP) is 3.84. The summed E-state index contributed by atoms with van der Waals surface area (Å²) < 4.78 is 53.8. The SMILES string of the molecule is [2H][C@H](N[C@@](OC)(c1ccccc1)C(F)(F)F)c1ccccc1. The summed E-state index contributed by atoms with van der Waals surface area (Å²) in [6, 6.07) is 15.5. The predicted molar refractivity (Wildman–Crippen MR) is 74.5 cm³/mol. The van der Waals surface area contributed by atoms with Gasteiger partial charge in [0.1, 0.15) is 0 Å². The third-order valence-corrected chi connectivity index (χ3v) is 3.13. The Balaban J connectivity index is 2.42. The lowest BCUT2D eigenvalue weighted by Gasteiger charge is -2.35. The number of hydrogen-bond donors (Lipinski definition) is 1. The van der Waals surface area contributed by atoms with Crippen molar-refractivity contribution in [3.63, 3.8) is 0 Å². The second-order valence-electron chi connectivity index (χ2n) is 4.45. The van der Waals surface area contributed by atoms with Crippen LogP contribution in [0.2, 0.25) is 0 Å². The molecule has 1 N–H and O–H groups in total. The number of ether oxygens (including phenoxy) is 1. The zero-order valence-corrected chi connectivity index (χ0v) is 11.4. The maximum absolute atomic E-state index is 13.7. The monoisotopic (exact) mass is 296 g/mol. The second kappa shape index (κ2) is 6.28. The largest absolute Gasteiger partial charge is 0.435 e. The maximum Gasteiger partial charge on any atom is 0.435 e. The number of methoxy groups -OCH3 is 1. The van der Waals surface area contributed by atoms with Gasteiger partial charge in [-0.1, -0.05) is 60.7 Å². The van der Waals surface area contributed by atoms with E-state index in [2.05, 4.69) is 5.32 Å². The molecule has 0 aliphatic heterocycles. The summed E-state index contributed by atoms with van der Waals surface area (Å²) in [7, 11) is 0.977. The van der Waals surface area contributed by atoms with Crippen LogP contribution in [0.3, 0.4) is 0 Å². The van der Waals surface area contributed by atoms with E-state index in [4.69, 9.17) is 6.11 Å². The average Bonchev–Trinajstić information content (AvgIpc) is 2.53. The molecule has 5 heteroatoms. The molecule has 0 saturated carbocycles. The van der Waals surface area contributed by atoms with Crippen molar-refractivity contribution < 1.29 is 19.3 Å². The highest BCUT2D eigenvalue weighted by molar-refractivity contribution is 5.25. The number of alkyl halides is 3. The fraction of sp³-hybridized carbons (Fsp3) is 0.250. The third kappa shape index (κ3) is 3.25. The summed E-state index contributed by atoms with van der Waals surface area (Å²) in [4.78, 5) is 0. The highest BCUT2D eigenvalue weighted by Gasteiger charge is 2.56. The van der Waals surface area contributed by atoms with E-state index in [-0.39, 0.29) is 5.56 Å². The van der Waals surface area contributed by atoms with Gasteiger partial charge in [-0.05, 0) is 5.56 Å². The minimum absolute atomic E-state index is 0.0989. The van der Waals surface area contributed by atoms with Gasteiger partial charge in [0.2, 0.25) is 5.72 Å². The lowest BCUT2D eigenvalue weighted by molar-refractivity contribution is -0.291. The van der Waals surface area contributed by atoms with Gasteiger partial charge in [0.25, 0.3) is 0 Å². The van der Waals surface area contributed by atoms with Gasteiger partial charge in [-0.15, -0.1) is 0 Å². The summed E-state index contributed by atoms with van der Waals surface area (Å²) >= 11 is 0. The van der Waals surface area contributed by atoms with Crippen LogP contribution in [-0.4, -0.2) is 13.3 Å². The third-order valence-electron chi connectivity index (χ3n) is 3.13. The van der Waals surface area contributed by atoms with Crippen LogP contribution in [0.25, 0.3) is 0 Å². The zero-order valence-electron chi connectivity index (χ0n) is 12.4. The number of hydrogen-bond acceptors (Lipinski definition) is 2. The van der Waals surface area contributed by atoms with E-state index in [9.17, 15) is 13.2 Å². The topological polar surface area (TPSA) is 21.3 Å². The van der Waals surface area contributed by atoms with E-state index in [0.29, 0.717) is 5.56 Å². The van der Waals surface area contributed by atoms with E-state index >= 15 is 0 Å². The fourth-order valence-electron chi connectivity index (χ4n) is 2.03. The normalized spacial score (nSPS) is 16.9. The van der Waals surface area contributed by atoms with E-state index in [1.165, 1.54) is 24.3 Å². The van der Waals surface area contributed by atoms with Crippen LogP contribution in [0.15, 0.2) is 60.7 Å². The van der Waals surface area contributed by atoms with Gasteiger partial charge in [-0.25, -0.2) is 0 Å². The number of halogens is 3. The Labute approximate surface area is 123 Å². The number of nitrogens with one attached hydrogen (secondary N) is 1. The highest BCUT2D eigenvalue weighted by Crippen LogP contribution is 2.39. The smallest absolute Gasteiger partial charge is 0.352 e. The standard InChI is InChI=1S/C16H16F3NO/c1-21-15(16(17,18)19,14-10-6-3-7-11-14)20-12-13-8-4-2-5-9-13/h2-11,20H,12H2,1H3/t15-/m1/s1/i12D/t12-,15+/m0. The Kier molecular flexibility index (Phi) is 4.22. The molecular formula is C16H16F3NO. The quantitative estimate of drug-likeness (QED) is 0.847. The molecule has 2 aromatic rings. The Hall–Kier alpha value is -1.85. The summed E-state index contributed by atoms with van der Waals surface area (Å²) in [5.74, 6) is 0. The van der Waals surface area contributed by atoms with Gasteiger partial charge >= 0.3 is 6.18 Å². The zero-order chi connectivity index (χ0) is 16.2. The lowest BCUT2D eigenvalue weighted by atomic mass is 10.0. The molecule has 112 valence electrons. The Morgan fingerprint density at radius 3 is 2.00 bits per heavy atom. The molecule has 0 aliphatic rings. The average molecular weight is 296 g/mol. The van der Waals surface area contributed by atoms with E-state index in [1.807, 2.05) is 0 Å². The molecule has 0 bridgehead atoms. The first-order chi connectivity index (χ1) is 10.4. The summed E-state index contributed by atoms with van der Waals surface area (Å²) in [5, 5.41) is 2.27. The molecule has 0 spiro atoms. The van der Waals surface area contributed by atoms with Crippen molar-refractivity contribution in [2.45, 2.75) is 18.4 Å². The number of benzene rings is 2. The van der Waals surface area contributed by atoms with E-state index < -0.39 is 18.4 Å². The Morgan fingerprint density at radius 2 is 1.52 bits per heavy atom. The van der Waals surface area contributed by atoms with E-state index in [1.54, 1.807) is 36.4 Å². The van der Waals surface area contributed by atoms with Crippen LogP contribution in [0, 0.1) is 0 Å². The molecule has 0 unspecified atom stereocenters. The first kappa shape index (κ1) is 14.1. The fourth-order valence-corrected chi connectivity index (χ4v) is 2.03. The van der Waals surface area contributed by atoms with Crippen LogP contribution >= 0.6 is 0 Å². The first-order valence-electron chi connectivity index (χ1n) is 6.91. The molecule has 21 heavy (non-hydrogen) atoms. The Bertz CT molecular complexity index is 591. The van der Waals surface area contributed by atoms with Gasteiger partial charge in [-0.3, -0.25) is 5.32 Å². The molecule has 0 saturated heterocycles. The molecule has 0 amide bonds. The molecule has 2 aromatic carbocycles. The summed E-state index contributed by atoms with van der Waals surface area (Å²) in [5.41, 5.74) is -2.42. The van der Waals surface area contributed by atoms with Gasteiger partial charge in [0.15, 0.2) is 0 Å². The lowest BCUT2D eigenvalue weighted by Crippen LogP contribution is -2.55. The highest BCUT2D eigenvalue weighted by atomic mass is 19.4. The maximum atomic E-state index is 13.7. The number of rotatable bonds is 5. The molecule has 2 nitrogen and oxygen atoms in total. The molecule has 0 radical (unpaired) electrons. The van der Waals surface area contributed by atoms with Crippen molar-refractivity contribution in [2.75, 3.05) is 7.11 Å². The van der Waals surface area contributed by atoms with Crippen LogP contribution in [0.4, 0.5) is 13.2 Å². The van der Waals surface area contributed by atoms with Crippen molar-refractivity contribution in [3.8, 4) is 0 Å². The van der Waals surface area contributed by atoms with Crippen molar-refractivity contribution in [1.82, 2.24) is 5.32 Å². The molecule has 2 rings (SSSR count). The molecular weight excluding hydrogens is 279 g/mol. The van der Waals surface area contributed by atoms with Crippen molar-refractivity contribution in [3.05, 3.63) is 71.8 Å². The molecule has 0 heterocycles. The first-order valence-corrected chi connectivity index (χ1v) is 6.33. The van der Waals surface area contributed by atoms with Gasteiger partial charge in [0.05, 0.1) is 0 Å². The summed E-state index contributed by atoms with van der Waals surface area (Å²) in [6.07, 6.45) is -4.73. The second-order valence-corrected chi connectivity index (χ2v) is 4.45. The van der Waals surface area contributed by atoms with Gasteiger partial charge < -0.3 is 4.74 Å². The van der Waals surface area contributed by atoms with Gasteiger partial charge in [-0.2, -0.15) is 13.2 Å². The van der Waals surface area contributed by atoms with Crippen molar-refractivity contribution in [2.24, 2.45) is 0 Å². The van der Waals surface area contributed by atoms with Gasteiger partial charge in [0, 0.05) is 20.6 Å². The minimum Gasteiger partial charge on any atom is -0.352 e. The molecule has 0 fully saturated rings. The van der Waals surface area contributed by atoms with Crippen molar-refractivity contribution >= 4 is 0 Å². The van der Waals surface area contributed by atoms with Crippen LogP contribution < -0.4 is 5.32 Å². The van der Waals surface area contributed by atoms with Crippen LogP contribution in [-0.2, 0) is 17.0 Å². The summed E-state index contributed by atoms with van der Waals surface area (Å²) in [6.45, 7) is -1.29. The van der Waals surface area contributed by atoms with Crippen LogP contribution in [0.5, 0.6) is 0 Å². The molecule has 2 atom stereocenters. The molecule has 0 aromatic heterocycles. The minimum atomic E-state index is -4.73. The van der Waals surface area contributed by atoms with E-state index in [0.717, 1.165) is 7.11 Å².